The molecule has 3 heterocycles. The van der Waals surface area contributed by atoms with Crippen molar-refractivity contribution in [1.82, 2.24) is 33.6 Å². The Bertz CT molecular complexity index is 1500. The molecule has 1 aromatic carbocycles. The maximum absolute atomic E-state index is 13.3. The topological polar surface area (TPSA) is 113 Å². The third-order valence-corrected chi connectivity index (χ3v) is 9.50. The lowest BCUT2D eigenvalue weighted by Gasteiger charge is -2.32. The second-order valence-electron chi connectivity index (χ2n) is 12.0. The maximum atomic E-state index is 13.3. The average Bonchev–Trinajstić information content (AvgIpc) is 3.32. The molecule has 0 radical (unpaired) electrons. The van der Waals surface area contributed by atoms with Crippen LogP contribution >= 0.6 is 0 Å². The number of fused-ring (bicyclic) bond motifs is 1. The van der Waals surface area contributed by atoms with Crippen LogP contribution in [0.5, 0.6) is 5.88 Å². The molecule has 42 heavy (non-hydrogen) atoms. The molecule has 1 aliphatic carbocycles. The van der Waals surface area contributed by atoms with Crippen molar-refractivity contribution >= 4 is 27.1 Å². The van der Waals surface area contributed by atoms with E-state index in [4.69, 9.17) is 14.8 Å². The molecule has 5 rings (SSSR count). The van der Waals surface area contributed by atoms with E-state index in [9.17, 15) is 13.2 Å². The van der Waals surface area contributed by atoms with Gasteiger partial charge in [0, 0.05) is 52.4 Å². The van der Waals surface area contributed by atoms with Gasteiger partial charge in [-0.3, -0.25) is 9.69 Å². The van der Waals surface area contributed by atoms with Gasteiger partial charge in [-0.25, -0.2) is 14.4 Å². The molecule has 0 spiro atoms. The Balaban J connectivity index is 1.60. The van der Waals surface area contributed by atoms with Crippen molar-refractivity contribution < 1.29 is 17.9 Å². The van der Waals surface area contributed by atoms with Crippen LogP contribution in [0.1, 0.15) is 68.0 Å². The Morgan fingerprint density at radius 2 is 1.74 bits per heavy atom. The fourth-order valence-corrected chi connectivity index (χ4v) is 6.17. The van der Waals surface area contributed by atoms with E-state index in [-0.39, 0.29) is 17.8 Å². The molecule has 12 heteroatoms. The fourth-order valence-electron chi connectivity index (χ4n) is 5.65. The normalized spacial score (nSPS) is 17.8. The lowest BCUT2D eigenvalue weighted by atomic mass is 9.95. The molecule has 0 unspecified atom stereocenters. The van der Waals surface area contributed by atoms with Gasteiger partial charge in [0.05, 0.1) is 17.5 Å². The highest BCUT2D eigenvalue weighted by Gasteiger charge is 2.28. The first kappa shape index (κ1) is 30.4. The summed E-state index contributed by atoms with van der Waals surface area (Å²) in [6.07, 6.45) is 5.17. The van der Waals surface area contributed by atoms with E-state index in [1.165, 1.54) is 26.1 Å². The van der Waals surface area contributed by atoms with Gasteiger partial charge in [0.2, 0.25) is 5.88 Å². The summed E-state index contributed by atoms with van der Waals surface area (Å²) in [4.78, 5) is 22.8. The first-order chi connectivity index (χ1) is 20.0. The van der Waals surface area contributed by atoms with E-state index < -0.39 is 16.1 Å². The number of carbonyl (C=O) groups excluding carboxylic acids is 1. The summed E-state index contributed by atoms with van der Waals surface area (Å²) in [5.41, 5.74) is 3.36. The summed E-state index contributed by atoms with van der Waals surface area (Å²) >= 11 is 0. The minimum atomic E-state index is -4.00. The first-order valence-corrected chi connectivity index (χ1v) is 16.3. The number of aromatic nitrogens is 3. The zero-order valence-electron chi connectivity index (χ0n) is 25.3. The SMILES string of the molecule is CC(C)Oc1nn(C2CCCCC2)c2nc(C(=O)NS(=O)(=O)N(C)C)cc(-c3ccc(CN4CCN(C)CC4)cc3)c12. The predicted octanol–water partition coefficient (Wildman–Crippen LogP) is 3.67. The van der Waals surface area contributed by atoms with E-state index in [0.717, 1.165) is 79.2 Å². The van der Waals surface area contributed by atoms with Crippen LogP contribution in [0.2, 0.25) is 0 Å². The van der Waals surface area contributed by atoms with Crippen molar-refractivity contribution in [1.29, 1.82) is 0 Å². The third-order valence-electron chi connectivity index (χ3n) is 8.10. The Morgan fingerprint density at radius 3 is 2.36 bits per heavy atom. The van der Waals surface area contributed by atoms with Gasteiger partial charge in [0.25, 0.3) is 5.91 Å². The van der Waals surface area contributed by atoms with Crippen LogP contribution in [-0.4, -0.2) is 96.6 Å². The summed E-state index contributed by atoms with van der Waals surface area (Å²) in [5, 5.41) is 5.64. The van der Waals surface area contributed by atoms with E-state index in [0.29, 0.717) is 11.5 Å². The van der Waals surface area contributed by atoms with Gasteiger partial charge in [-0.15, -0.1) is 5.10 Å². The molecule has 228 valence electrons. The number of hydrogen-bond acceptors (Lipinski definition) is 8. The van der Waals surface area contributed by atoms with Crippen molar-refractivity contribution in [3.8, 4) is 17.0 Å². The van der Waals surface area contributed by atoms with Crippen molar-refractivity contribution in [2.24, 2.45) is 0 Å². The summed E-state index contributed by atoms with van der Waals surface area (Å²) in [6.45, 7) is 8.98. The van der Waals surface area contributed by atoms with Gasteiger partial charge >= 0.3 is 10.2 Å². The van der Waals surface area contributed by atoms with Crippen LogP contribution in [-0.2, 0) is 16.8 Å². The second-order valence-corrected chi connectivity index (χ2v) is 13.8. The van der Waals surface area contributed by atoms with Gasteiger partial charge in [-0.1, -0.05) is 43.5 Å². The molecule has 0 atom stereocenters. The molecule has 1 saturated carbocycles. The number of carbonyl (C=O) groups is 1. The minimum absolute atomic E-state index is 0.0116. The highest BCUT2D eigenvalue weighted by atomic mass is 32.2. The number of rotatable bonds is 9. The number of piperazine rings is 1. The smallest absolute Gasteiger partial charge is 0.303 e. The molecule has 2 aromatic heterocycles. The van der Waals surface area contributed by atoms with Crippen molar-refractivity contribution in [3.63, 3.8) is 0 Å². The average molecular weight is 598 g/mol. The Kier molecular flexibility index (Phi) is 9.17. The lowest BCUT2D eigenvalue weighted by Crippen LogP contribution is -2.43. The summed E-state index contributed by atoms with van der Waals surface area (Å²) < 4.78 is 36.2. The number of pyridine rings is 1. The fraction of sp³-hybridized carbons (Fsp3) is 0.567. The molecular formula is C30H43N7O4S. The van der Waals surface area contributed by atoms with Gasteiger partial charge in [-0.2, -0.15) is 12.7 Å². The van der Waals surface area contributed by atoms with Crippen LogP contribution in [0.15, 0.2) is 30.3 Å². The molecule has 1 amide bonds. The summed E-state index contributed by atoms with van der Waals surface area (Å²) in [6, 6.07) is 10.1. The van der Waals surface area contributed by atoms with Crippen molar-refractivity contribution in [2.45, 2.75) is 64.6 Å². The predicted molar refractivity (Wildman–Crippen MR) is 164 cm³/mol. The second kappa shape index (κ2) is 12.7. The van der Waals surface area contributed by atoms with Gasteiger partial charge in [-0.05, 0) is 50.9 Å². The molecule has 1 N–H and O–H groups in total. The summed E-state index contributed by atoms with van der Waals surface area (Å²) in [7, 11) is 0.891. The molecular weight excluding hydrogens is 554 g/mol. The molecule has 0 bridgehead atoms. The lowest BCUT2D eigenvalue weighted by molar-refractivity contribution is 0.0975. The Morgan fingerprint density at radius 1 is 1.07 bits per heavy atom. The zero-order chi connectivity index (χ0) is 30.0. The number of amides is 1. The number of nitrogens with zero attached hydrogens (tertiary/aromatic N) is 6. The summed E-state index contributed by atoms with van der Waals surface area (Å²) in [5.74, 6) is -0.316. The van der Waals surface area contributed by atoms with Gasteiger partial charge in [0.1, 0.15) is 5.69 Å². The minimum Gasteiger partial charge on any atom is -0.473 e. The number of ether oxygens (including phenoxy) is 1. The standard InChI is InChI=1S/C30H43N7O4S/c1-21(2)41-30-27-25(23-13-11-22(12-14-23)20-36-17-15-35(5)16-18-36)19-26(29(38)33-42(39,40)34(3)4)31-28(27)37(32-30)24-9-7-6-8-10-24/h11-14,19,21,24H,6-10,15-18,20H2,1-5H3,(H,33,38). The molecule has 2 aliphatic rings. The van der Waals surface area contributed by atoms with E-state index >= 15 is 0 Å². The van der Waals surface area contributed by atoms with Crippen LogP contribution in [0.25, 0.3) is 22.2 Å². The zero-order valence-corrected chi connectivity index (χ0v) is 26.2. The van der Waals surface area contributed by atoms with Crippen LogP contribution in [0.3, 0.4) is 0 Å². The first-order valence-electron chi connectivity index (χ1n) is 14.9. The highest BCUT2D eigenvalue weighted by molar-refractivity contribution is 7.87. The largest absolute Gasteiger partial charge is 0.473 e. The van der Waals surface area contributed by atoms with E-state index in [2.05, 4.69) is 45.8 Å². The van der Waals surface area contributed by atoms with Crippen molar-refractivity contribution in [3.05, 3.63) is 41.6 Å². The third kappa shape index (κ3) is 6.77. The molecule has 3 aromatic rings. The molecule has 1 saturated heterocycles. The monoisotopic (exact) mass is 597 g/mol. The van der Waals surface area contributed by atoms with E-state index in [1.54, 1.807) is 6.07 Å². The Hall–Kier alpha value is -3.06. The van der Waals surface area contributed by atoms with Gasteiger partial charge < -0.3 is 9.64 Å². The number of nitrogens with one attached hydrogen (secondary N) is 1. The quantitative estimate of drug-likeness (QED) is 0.398. The van der Waals surface area contributed by atoms with Crippen LogP contribution < -0.4 is 9.46 Å². The highest BCUT2D eigenvalue weighted by Crippen LogP contribution is 2.39. The van der Waals surface area contributed by atoms with Crippen LogP contribution in [0.4, 0.5) is 0 Å². The molecule has 2 fully saturated rings. The number of benzene rings is 1. The number of hydrogen-bond donors (Lipinski definition) is 1. The van der Waals surface area contributed by atoms with E-state index in [1.807, 2.05) is 18.5 Å². The van der Waals surface area contributed by atoms with Crippen LogP contribution in [0, 0.1) is 0 Å². The number of likely N-dealkylation sites (N-methyl/N-ethyl adjacent to an activating group) is 1. The molecule has 1 aliphatic heterocycles. The Labute approximate surface area is 249 Å². The van der Waals surface area contributed by atoms with Gasteiger partial charge in [0.15, 0.2) is 5.65 Å². The maximum Gasteiger partial charge on any atom is 0.303 e. The van der Waals surface area contributed by atoms with Crippen molar-refractivity contribution in [2.75, 3.05) is 47.3 Å². The molecule has 11 nitrogen and oxygen atoms in total.